The normalized spacial score (nSPS) is 10.2. The quantitative estimate of drug-likeness (QED) is 0.702. The van der Waals surface area contributed by atoms with Crippen molar-refractivity contribution < 1.29 is 23.5 Å². The van der Waals surface area contributed by atoms with Crippen molar-refractivity contribution in [1.29, 1.82) is 0 Å². The number of carbonyl (C=O) groups is 3. The van der Waals surface area contributed by atoms with E-state index in [1.54, 1.807) is 31.2 Å². The lowest BCUT2D eigenvalue weighted by molar-refractivity contribution is 0.0521. The van der Waals surface area contributed by atoms with Gasteiger partial charge in [0.2, 0.25) is 5.88 Å². The Kier molecular flexibility index (Phi) is 5.66. The fourth-order valence-electron chi connectivity index (χ4n) is 2.12. The topological polar surface area (TPSA) is 124 Å². The number of anilines is 2. The van der Waals surface area contributed by atoms with E-state index in [4.69, 9.17) is 26.5 Å². The van der Waals surface area contributed by atoms with Crippen molar-refractivity contribution in [3.8, 4) is 0 Å². The van der Waals surface area contributed by atoms with Crippen LogP contribution in [0.2, 0.25) is 5.02 Å². The first-order valence-corrected chi connectivity index (χ1v) is 7.65. The summed E-state index contributed by atoms with van der Waals surface area (Å²) in [6.07, 6.45) is 0. The molecule has 0 aliphatic heterocycles. The van der Waals surface area contributed by atoms with Crippen LogP contribution >= 0.6 is 11.6 Å². The van der Waals surface area contributed by atoms with Crippen molar-refractivity contribution in [3.05, 3.63) is 46.2 Å². The highest BCUT2D eigenvalue weighted by molar-refractivity contribution is 6.30. The highest BCUT2D eigenvalue weighted by Gasteiger charge is 2.29. The number of ether oxygens (including phenoxy) is 1. The molecule has 1 aromatic carbocycles. The Bertz CT molecular complexity index is 814. The lowest BCUT2D eigenvalue weighted by atomic mass is 10.1. The Morgan fingerprint density at radius 2 is 1.80 bits per heavy atom. The van der Waals surface area contributed by atoms with Crippen molar-refractivity contribution in [2.45, 2.75) is 13.8 Å². The number of halogens is 1. The number of esters is 1. The second kappa shape index (κ2) is 7.71. The molecule has 9 heteroatoms. The third-order valence-electron chi connectivity index (χ3n) is 3.14. The Labute approximate surface area is 148 Å². The molecule has 0 bridgehead atoms. The maximum atomic E-state index is 12.1. The lowest BCUT2D eigenvalue weighted by Gasteiger charge is -2.07. The van der Waals surface area contributed by atoms with E-state index < -0.39 is 17.9 Å². The van der Waals surface area contributed by atoms with Gasteiger partial charge in [-0.05, 0) is 38.1 Å². The van der Waals surface area contributed by atoms with Gasteiger partial charge < -0.3 is 20.2 Å². The average molecular weight is 366 g/mol. The SMILES string of the molecule is CCOC(=O)c1c(C)oc(NC(=O)Nc2ccc(Cl)cc2)c1C(N)=O. The minimum atomic E-state index is -0.929. The molecule has 0 aliphatic rings. The molecule has 25 heavy (non-hydrogen) atoms. The van der Waals surface area contributed by atoms with E-state index in [0.717, 1.165) is 0 Å². The van der Waals surface area contributed by atoms with Gasteiger partial charge in [-0.1, -0.05) is 11.6 Å². The first-order valence-electron chi connectivity index (χ1n) is 7.27. The molecule has 0 fully saturated rings. The molecule has 3 amide bonds. The third kappa shape index (κ3) is 4.30. The number of carbonyl (C=O) groups excluding carboxylic acids is 3. The van der Waals surface area contributed by atoms with Gasteiger partial charge in [0.05, 0.1) is 6.61 Å². The number of hydrogen-bond acceptors (Lipinski definition) is 5. The maximum Gasteiger partial charge on any atom is 0.342 e. The summed E-state index contributed by atoms with van der Waals surface area (Å²) in [5, 5.41) is 5.40. The molecule has 4 N–H and O–H groups in total. The standard InChI is InChI=1S/C16H16ClN3O5/c1-3-24-15(22)11-8(2)25-14(12(11)13(18)21)20-16(23)19-10-6-4-9(17)5-7-10/h4-7H,3H2,1-2H3,(H2,18,21)(H2,19,20,23). The van der Waals surface area contributed by atoms with Crippen molar-refractivity contribution >= 4 is 41.1 Å². The fourth-order valence-corrected chi connectivity index (χ4v) is 2.24. The molecule has 2 aromatic rings. The van der Waals surface area contributed by atoms with Crippen LogP contribution in [0.1, 0.15) is 33.4 Å². The third-order valence-corrected chi connectivity index (χ3v) is 3.39. The Hall–Kier alpha value is -3.00. The van der Waals surface area contributed by atoms with Crippen LogP contribution < -0.4 is 16.4 Å². The van der Waals surface area contributed by atoms with E-state index in [0.29, 0.717) is 10.7 Å². The summed E-state index contributed by atoms with van der Waals surface area (Å²) in [7, 11) is 0. The Balaban J connectivity index is 2.25. The smallest absolute Gasteiger partial charge is 0.342 e. The predicted octanol–water partition coefficient (Wildman–Crippen LogP) is 3.16. The molecule has 1 heterocycles. The second-order valence-electron chi connectivity index (χ2n) is 4.91. The first-order chi connectivity index (χ1) is 11.8. The van der Waals surface area contributed by atoms with Gasteiger partial charge in [0.15, 0.2) is 0 Å². The summed E-state index contributed by atoms with van der Waals surface area (Å²) >= 11 is 5.77. The zero-order chi connectivity index (χ0) is 18.6. The average Bonchev–Trinajstić information content (AvgIpc) is 2.86. The maximum absolute atomic E-state index is 12.1. The molecule has 1 aromatic heterocycles. The summed E-state index contributed by atoms with van der Waals surface area (Å²) < 4.78 is 10.2. The number of nitrogens with one attached hydrogen (secondary N) is 2. The molecule has 2 rings (SSSR count). The minimum Gasteiger partial charge on any atom is -0.462 e. The van der Waals surface area contributed by atoms with Crippen LogP contribution in [0, 0.1) is 6.92 Å². The second-order valence-corrected chi connectivity index (χ2v) is 5.34. The Morgan fingerprint density at radius 3 is 2.36 bits per heavy atom. The molecular weight excluding hydrogens is 350 g/mol. The van der Waals surface area contributed by atoms with Crippen molar-refractivity contribution in [1.82, 2.24) is 0 Å². The zero-order valence-corrected chi connectivity index (χ0v) is 14.3. The number of amides is 3. The summed E-state index contributed by atoms with van der Waals surface area (Å²) in [6.45, 7) is 3.19. The van der Waals surface area contributed by atoms with Gasteiger partial charge >= 0.3 is 12.0 Å². The number of hydrogen-bond donors (Lipinski definition) is 3. The largest absolute Gasteiger partial charge is 0.462 e. The molecule has 0 saturated carbocycles. The van der Waals surface area contributed by atoms with Crippen LogP contribution in [0.3, 0.4) is 0 Å². The predicted molar refractivity (Wildman–Crippen MR) is 92.0 cm³/mol. The number of rotatable bonds is 5. The number of furan rings is 1. The van der Waals surface area contributed by atoms with Gasteiger partial charge in [-0.2, -0.15) is 0 Å². The van der Waals surface area contributed by atoms with E-state index in [9.17, 15) is 14.4 Å². The van der Waals surface area contributed by atoms with Crippen molar-refractivity contribution in [3.63, 3.8) is 0 Å². The summed E-state index contributed by atoms with van der Waals surface area (Å²) in [5.74, 6) is -1.82. The monoisotopic (exact) mass is 365 g/mol. The first kappa shape index (κ1) is 18.3. The number of primary amides is 1. The molecule has 0 saturated heterocycles. The lowest BCUT2D eigenvalue weighted by Crippen LogP contribution is -2.23. The Morgan fingerprint density at radius 1 is 1.16 bits per heavy atom. The summed E-state index contributed by atoms with van der Waals surface area (Å²) in [6, 6.07) is 5.70. The number of nitrogens with two attached hydrogens (primary N) is 1. The van der Waals surface area contributed by atoms with Gasteiger partial charge in [0, 0.05) is 10.7 Å². The van der Waals surface area contributed by atoms with E-state index in [2.05, 4.69) is 10.6 Å². The van der Waals surface area contributed by atoms with Crippen molar-refractivity contribution in [2.75, 3.05) is 17.2 Å². The summed E-state index contributed by atoms with van der Waals surface area (Å²) in [4.78, 5) is 35.8. The highest BCUT2D eigenvalue weighted by atomic mass is 35.5. The number of urea groups is 1. The molecular formula is C16H16ClN3O5. The molecule has 0 atom stereocenters. The van der Waals surface area contributed by atoms with Gasteiger partial charge in [-0.25, -0.2) is 9.59 Å². The van der Waals surface area contributed by atoms with Crippen molar-refractivity contribution in [2.24, 2.45) is 5.73 Å². The van der Waals surface area contributed by atoms with Crippen LogP contribution in [-0.4, -0.2) is 24.5 Å². The zero-order valence-electron chi connectivity index (χ0n) is 13.5. The van der Waals surface area contributed by atoms with Gasteiger partial charge in [0.25, 0.3) is 5.91 Å². The van der Waals surface area contributed by atoms with E-state index >= 15 is 0 Å². The molecule has 0 unspecified atom stereocenters. The molecule has 0 spiro atoms. The van der Waals surface area contributed by atoms with Crippen LogP contribution in [0.5, 0.6) is 0 Å². The van der Waals surface area contributed by atoms with Crippen LogP contribution in [0.15, 0.2) is 28.7 Å². The molecule has 0 aliphatic carbocycles. The van der Waals surface area contributed by atoms with E-state index in [-0.39, 0.29) is 29.4 Å². The number of aryl methyl sites for hydroxylation is 1. The van der Waals surface area contributed by atoms with E-state index in [1.807, 2.05) is 0 Å². The van der Waals surface area contributed by atoms with Gasteiger partial charge in [0.1, 0.15) is 16.9 Å². The van der Waals surface area contributed by atoms with Crippen LogP contribution in [0.25, 0.3) is 0 Å². The highest BCUT2D eigenvalue weighted by Crippen LogP contribution is 2.27. The minimum absolute atomic E-state index is 0.106. The molecule has 132 valence electrons. The van der Waals surface area contributed by atoms with Crippen LogP contribution in [0.4, 0.5) is 16.4 Å². The van der Waals surface area contributed by atoms with E-state index in [1.165, 1.54) is 6.92 Å². The van der Waals surface area contributed by atoms with Gasteiger partial charge in [-0.15, -0.1) is 0 Å². The molecule has 8 nitrogen and oxygen atoms in total. The molecule has 0 radical (unpaired) electrons. The van der Waals surface area contributed by atoms with Crippen LogP contribution in [-0.2, 0) is 4.74 Å². The fraction of sp³-hybridized carbons (Fsp3) is 0.188. The number of benzene rings is 1. The van der Waals surface area contributed by atoms with Gasteiger partial charge in [-0.3, -0.25) is 10.1 Å². The summed E-state index contributed by atoms with van der Waals surface area (Å²) in [5.41, 5.74) is 5.42.